The van der Waals surface area contributed by atoms with E-state index in [0.717, 1.165) is 0 Å². The Bertz CT molecular complexity index is 475. The summed E-state index contributed by atoms with van der Waals surface area (Å²) in [4.78, 5) is 15.8. The number of amides is 1. The highest BCUT2D eigenvalue weighted by Gasteiger charge is 2.34. The van der Waals surface area contributed by atoms with Gasteiger partial charge in [0.05, 0.1) is 5.69 Å². The van der Waals surface area contributed by atoms with E-state index in [1.807, 2.05) is 13.8 Å². The molecule has 1 amide bonds. The summed E-state index contributed by atoms with van der Waals surface area (Å²) in [6.07, 6.45) is 1.58. The lowest BCUT2D eigenvalue weighted by molar-refractivity contribution is -0.123. The standard InChI is InChI=1S/C12H18N4OS/c1-7(2)12(3,11(14)17)16-8-4-5-15-9(6-8)10(13)18/h4-7H,1-3H3,(H2,13,18)(H2,14,17)(H,15,16). The van der Waals surface area contributed by atoms with E-state index in [2.05, 4.69) is 10.3 Å². The summed E-state index contributed by atoms with van der Waals surface area (Å²) in [5.74, 6) is -0.373. The van der Waals surface area contributed by atoms with E-state index in [-0.39, 0.29) is 10.9 Å². The van der Waals surface area contributed by atoms with Crippen molar-refractivity contribution < 1.29 is 4.79 Å². The Morgan fingerprint density at radius 2 is 2.11 bits per heavy atom. The third-order valence-corrected chi connectivity index (χ3v) is 3.29. The normalized spacial score (nSPS) is 14.0. The number of thiocarbonyl (C=S) groups is 1. The van der Waals surface area contributed by atoms with Gasteiger partial charge in [-0.3, -0.25) is 9.78 Å². The van der Waals surface area contributed by atoms with Crippen LogP contribution in [0.15, 0.2) is 18.3 Å². The van der Waals surface area contributed by atoms with E-state index < -0.39 is 11.4 Å². The predicted octanol–water partition coefficient (Wildman–Crippen LogP) is 1.03. The summed E-state index contributed by atoms with van der Waals surface area (Å²) in [5.41, 5.74) is 11.3. The number of carbonyl (C=O) groups is 1. The Kier molecular flexibility index (Phi) is 4.24. The molecule has 18 heavy (non-hydrogen) atoms. The van der Waals surface area contributed by atoms with Crippen molar-refractivity contribution in [3.8, 4) is 0 Å². The van der Waals surface area contributed by atoms with E-state index in [1.54, 1.807) is 25.3 Å². The van der Waals surface area contributed by atoms with Crippen LogP contribution in [-0.4, -0.2) is 21.4 Å². The van der Waals surface area contributed by atoms with Gasteiger partial charge >= 0.3 is 0 Å². The third-order valence-electron chi connectivity index (χ3n) is 3.08. The summed E-state index contributed by atoms with van der Waals surface area (Å²) in [6.45, 7) is 5.61. The first-order chi connectivity index (χ1) is 8.27. The molecule has 0 aliphatic heterocycles. The second kappa shape index (κ2) is 5.30. The number of primary amides is 1. The van der Waals surface area contributed by atoms with Crippen molar-refractivity contribution in [2.45, 2.75) is 26.3 Å². The van der Waals surface area contributed by atoms with E-state index >= 15 is 0 Å². The van der Waals surface area contributed by atoms with Crippen LogP contribution in [0.25, 0.3) is 0 Å². The van der Waals surface area contributed by atoms with Crippen LogP contribution in [0.5, 0.6) is 0 Å². The first-order valence-corrected chi connectivity index (χ1v) is 6.02. The molecule has 1 rings (SSSR count). The number of aromatic nitrogens is 1. The highest BCUT2D eigenvalue weighted by Crippen LogP contribution is 2.22. The molecule has 0 aliphatic carbocycles. The van der Waals surface area contributed by atoms with E-state index in [1.165, 1.54) is 0 Å². The Hall–Kier alpha value is -1.69. The second-order valence-corrected chi connectivity index (χ2v) is 5.08. The zero-order valence-electron chi connectivity index (χ0n) is 10.7. The molecule has 0 saturated carbocycles. The van der Waals surface area contributed by atoms with Gasteiger partial charge in [-0.2, -0.15) is 0 Å². The van der Waals surface area contributed by atoms with Gasteiger partial charge in [-0.05, 0) is 25.0 Å². The van der Waals surface area contributed by atoms with Gasteiger partial charge in [0.1, 0.15) is 10.5 Å². The molecule has 1 heterocycles. The van der Waals surface area contributed by atoms with Crippen LogP contribution in [0.1, 0.15) is 26.5 Å². The fourth-order valence-electron chi connectivity index (χ4n) is 1.43. The fraction of sp³-hybridized carbons (Fsp3) is 0.417. The van der Waals surface area contributed by atoms with Gasteiger partial charge in [-0.25, -0.2) is 0 Å². The van der Waals surface area contributed by atoms with Crippen LogP contribution in [0.3, 0.4) is 0 Å². The average molecular weight is 266 g/mol. The zero-order valence-corrected chi connectivity index (χ0v) is 11.5. The lowest BCUT2D eigenvalue weighted by atomic mass is 9.87. The molecular weight excluding hydrogens is 248 g/mol. The van der Waals surface area contributed by atoms with Crippen LogP contribution in [0, 0.1) is 5.92 Å². The van der Waals surface area contributed by atoms with E-state index in [4.69, 9.17) is 23.7 Å². The summed E-state index contributed by atoms with van der Waals surface area (Å²) in [7, 11) is 0. The molecule has 0 saturated heterocycles. The molecule has 1 aromatic heterocycles. The minimum Gasteiger partial charge on any atom is -0.388 e. The first kappa shape index (κ1) is 14.4. The largest absolute Gasteiger partial charge is 0.388 e. The van der Waals surface area contributed by atoms with Crippen LogP contribution in [-0.2, 0) is 4.79 Å². The maximum Gasteiger partial charge on any atom is 0.243 e. The molecule has 0 bridgehead atoms. The number of hydrogen-bond acceptors (Lipinski definition) is 4. The summed E-state index contributed by atoms with van der Waals surface area (Å²) >= 11 is 4.86. The van der Waals surface area contributed by atoms with Crippen LogP contribution < -0.4 is 16.8 Å². The molecule has 0 aromatic carbocycles. The minimum absolute atomic E-state index is 0.0384. The number of rotatable bonds is 5. The molecule has 6 heteroatoms. The SMILES string of the molecule is CC(C)C(C)(Nc1ccnc(C(N)=S)c1)C(N)=O. The number of hydrogen-bond donors (Lipinski definition) is 3. The summed E-state index contributed by atoms with van der Waals surface area (Å²) in [6, 6.07) is 3.44. The van der Waals surface area contributed by atoms with Crippen LogP contribution in [0.2, 0.25) is 0 Å². The van der Waals surface area contributed by atoms with Crippen molar-refractivity contribution in [3.63, 3.8) is 0 Å². The molecule has 0 aliphatic rings. The molecule has 0 radical (unpaired) electrons. The molecule has 1 aromatic rings. The molecule has 98 valence electrons. The van der Waals surface area contributed by atoms with Gasteiger partial charge in [0.25, 0.3) is 0 Å². The number of pyridine rings is 1. The molecule has 0 spiro atoms. The first-order valence-electron chi connectivity index (χ1n) is 5.61. The van der Waals surface area contributed by atoms with Gasteiger partial charge in [0, 0.05) is 11.9 Å². The Balaban J connectivity index is 3.05. The lowest BCUT2D eigenvalue weighted by Crippen LogP contribution is -2.52. The Labute approximate surface area is 112 Å². The summed E-state index contributed by atoms with van der Waals surface area (Å²) in [5, 5.41) is 3.12. The monoisotopic (exact) mass is 266 g/mol. The Morgan fingerprint density at radius 3 is 2.56 bits per heavy atom. The zero-order chi connectivity index (χ0) is 13.9. The number of nitrogens with one attached hydrogen (secondary N) is 1. The highest BCUT2D eigenvalue weighted by molar-refractivity contribution is 7.80. The van der Waals surface area contributed by atoms with Crippen molar-refractivity contribution in [3.05, 3.63) is 24.0 Å². The van der Waals surface area contributed by atoms with Gasteiger partial charge < -0.3 is 16.8 Å². The van der Waals surface area contributed by atoms with Crippen molar-refractivity contribution in [1.29, 1.82) is 0 Å². The highest BCUT2D eigenvalue weighted by atomic mass is 32.1. The predicted molar refractivity (Wildman–Crippen MR) is 76.2 cm³/mol. The molecule has 5 N–H and O–H groups in total. The quantitative estimate of drug-likeness (QED) is 0.692. The number of nitrogens with zero attached hydrogens (tertiary/aromatic N) is 1. The minimum atomic E-state index is -0.838. The van der Waals surface area contributed by atoms with Crippen molar-refractivity contribution >= 4 is 28.8 Å². The molecule has 5 nitrogen and oxygen atoms in total. The number of nitrogens with two attached hydrogens (primary N) is 2. The lowest BCUT2D eigenvalue weighted by Gasteiger charge is -2.32. The fourth-order valence-corrected chi connectivity index (χ4v) is 1.54. The molecule has 1 atom stereocenters. The molecule has 0 fully saturated rings. The number of carbonyl (C=O) groups excluding carboxylic acids is 1. The van der Waals surface area contributed by atoms with Gasteiger partial charge in [-0.1, -0.05) is 26.1 Å². The molecule has 1 unspecified atom stereocenters. The average Bonchev–Trinajstić information content (AvgIpc) is 2.28. The smallest absolute Gasteiger partial charge is 0.243 e. The summed E-state index contributed by atoms with van der Waals surface area (Å²) < 4.78 is 0. The van der Waals surface area contributed by atoms with Crippen molar-refractivity contribution in [2.24, 2.45) is 17.4 Å². The van der Waals surface area contributed by atoms with Gasteiger partial charge in [-0.15, -0.1) is 0 Å². The third kappa shape index (κ3) is 2.95. The van der Waals surface area contributed by atoms with Crippen LogP contribution in [0.4, 0.5) is 5.69 Å². The van der Waals surface area contributed by atoms with E-state index in [9.17, 15) is 4.79 Å². The topological polar surface area (TPSA) is 94.0 Å². The van der Waals surface area contributed by atoms with Crippen LogP contribution >= 0.6 is 12.2 Å². The van der Waals surface area contributed by atoms with E-state index in [0.29, 0.717) is 11.4 Å². The maximum atomic E-state index is 11.6. The maximum absolute atomic E-state index is 11.6. The second-order valence-electron chi connectivity index (χ2n) is 4.64. The van der Waals surface area contributed by atoms with Gasteiger partial charge in [0.15, 0.2) is 0 Å². The Morgan fingerprint density at radius 1 is 1.50 bits per heavy atom. The number of anilines is 1. The van der Waals surface area contributed by atoms with Crippen molar-refractivity contribution in [2.75, 3.05) is 5.32 Å². The van der Waals surface area contributed by atoms with Gasteiger partial charge in [0.2, 0.25) is 5.91 Å². The van der Waals surface area contributed by atoms with Crippen molar-refractivity contribution in [1.82, 2.24) is 4.98 Å². The molecular formula is C12H18N4OS.